The Labute approximate surface area is 162 Å². The van der Waals surface area contributed by atoms with Crippen LogP contribution in [0, 0.1) is 0 Å². The van der Waals surface area contributed by atoms with E-state index in [1.807, 2.05) is 0 Å². The van der Waals surface area contributed by atoms with Gasteiger partial charge < -0.3 is 0 Å². The number of hydrogen-bond acceptors (Lipinski definition) is 2. The van der Waals surface area contributed by atoms with Gasteiger partial charge in [-0.05, 0) is 18.2 Å². The van der Waals surface area contributed by atoms with E-state index in [4.69, 9.17) is 34.8 Å². The van der Waals surface area contributed by atoms with E-state index in [2.05, 4.69) is 31.7 Å². The molecule has 0 bridgehead atoms. The smallest absolute Gasteiger partial charge is 0.244 e. The minimum absolute atomic E-state index is 0.0537. The molecule has 140 valence electrons. The van der Waals surface area contributed by atoms with Crippen LogP contribution in [0.15, 0.2) is 30.6 Å². The molecule has 0 unspecified atom stereocenters. The molecule has 25 heavy (non-hydrogen) atoms. The van der Waals surface area contributed by atoms with E-state index in [1.165, 1.54) is 0 Å². The first kappa shape index (κ1) is 24.3. The summed E-state index contributed by atoms with van der Waals surface area (Å²) in [5.74, 6) is 0. The van der Waals surface area contributed by atoms with E-state index in [0.29, 0.717) is 12.4 Å². The summed E-state index contributed by atoms with van der Waals surface area (Å²) in [7, 11) is 8.22. The van der Waals surface area contributed by atoms with Gasteiger partial charge in [0.15, 0.2) is 0 Å². The largest absolute Gasteiger partial charge is 0.417 e. The Hall–Kier alpha value is -0.670. The summed E-state index contributed by atoms with van der Waals surface area (Å²) < 4.78 is 71.4. The van der Waals surface area contributed by atoms with Crippen LogP contribution in [0.25, 0.3) is 0 Å². The lowest BCUT2D eigenvalue weighted by Gasteiger charge is -2.05. The number of nitrogens with zero attached hydrogens (tertiary/aromatic N) is 2. The fraction of sp³-hybridized carbons (Fsp3) is 0.167. The van der Waals surface area contributed by atoms with E-state index in [0.717, 1.165) is 18.2 Å². The van der Waals surface area contributed by atoms with Crippen molar-refractivity contribution in [3.8, 4) is 0 Å². The first-order valence-electron chi connectivity index (χ1n) is 5.62. The number of rotatable bonds is 0. The molecule has 13 heteroatoms. The molecule has 0 N–H and O–H groups in total. The van der Waals surface area contributed by atoms with E-state index in [9.17, 15) is 26.3 Å². The van der Waals surface area contributed by atoms with Gasteiger partial charge in [0.05, 0.1) is 16.1 Å². The Morgan fingerprint density at radius 3 is 1.56 bits per heavy atom. The molecule has 0 aliphatic heterocycles. The standard InChI is InChI=1S/C6H2Cl2F3N.C6H3ClF3N.Cl2/c7-4-1-3(6(9,10)11)2-12-5(4)8;7-5-2-1-4(3-11-5)6(8,9)10;1-2/h1-2H;1-3H;. The van der Waals surface area contributed by atoms with E-state index >= 15 is 0 Å². The Bertz CT molecular complexity index is 661. The van der Waals surface area contributed by atoms with Crippen LogP contribution in [-0.2, 0) is 12.4 Å². The summed E-state index contributed by atoms with van der Waals surface area (Å²) in [6.45, 7) is 0. The Morgan fingerprint density at radius 2 is 1.20 bits per heavy atom. The molecular formula is C12H5Cl5F6N2. The summed E-state index contributed by atoms with van der Waals surface area (Å²) in [5, 5.41) is -0.283. The molecule has 0 saturated carbocycles. The summed E-state index contributed by atoms with van der Waals surface area (Å²) >= 11 is 15.9. The second kappa shape index (κ2) is 10.5. The molecule has 0 amide bonds. The van der Waals surface area contributed by atoms with Gasteiger partial charge in [-0.2, -0.15) is 26.3 Å². The lowest BCUT2D eigenvalue weighted by Crippen LogP contribution is -2.05. The Balaban J connectivity index is 0.000000421. The summed E-state index contributed by atoms with van der Waals surface area (Å²) in [5.41, 5.74) is -1.70. The molecule has 0 radical (unpaired) electrons. The van der Waals surface area contributed by atoms with Gasteiger partial charge in [-0.15, -0.1) is 0 Å². The third kappa shape index (κ3) is 9.01. The fourth-order valence-electron chi connectivity index (χ4n) is 1.12. The molecule has 0 fully saturated rings. The van der Waals surface area contributed by atoms with Crippen LogP contribution < -0.4 is 0 Å². The van der Waals surface area contributed by atoms with Crippen LogP contribution in [0.2, 0.25) is 15.3 Å². The number of alkyl halides is 6. The summed E-state index contributed by atoms with van der Waals surface area (Å²) in [6, 6.07) is 2.72. The highest BCUT2D eigenvalue weighted by atomic mass is 36.5. The van der Waals surface area contributed by atoms with Crippen LogP contribution in [0.4, 0.5) is 26.3 Å². The highest BCUT2D eigenvalue weighted by Gasteiger charge is 2.31. The summed E-state index contributed by atoms with van der Waals surface area (Å²) in [4.78, 5) is 6.55. The molecule has 2 rings (SSSR count). The average molecular weight is 468 g/mol. The van der Waals surface area contributed by atoms with Crippen molar-refractivity contribution in [3.63, 3.8) is 0 Å². The highest BCUT2D eigenvalue weighted by Crippen LogP contribution is 2.32. The lowest BCUT2D eigenvalue weighted by molar-refractivity contribution is -0.138. The van der Waals surface area contributed by atoms with Crippen molar-refractivity contribution in [1.82, 2.24) is 9.97 Å². The molecule has 0 aromatic carbocycles. The Morgan fingerprint density at radius 1 is 0.720 bits per heavy atom. The van der Waals surface area contributed by atoms with Crippen molar-refractivity contribution in [2.45, 2.75) is 12.4 Å². The van der Waals surface area contributed by atoms with Gasteiger partial charge in [-0.3, -0.25) is 0 Å². The molecule has 0 atom stereocenters. The predicted molar refractivity (Wildman–Crippen MR) is 85.2 cm³/mol. The fourth-order valence-corrected chi connectivity index (χ4v) is 1.50. The van der Waals surface area contributed by atoms with Crippen molar-refractivity contribution in [2.75, 3.05) is 0 Å². The monoisotopic (exact) mass is 466 g/mol. The van der Waals surface area contributed by atoms with E-state index in [1.54, 1.807) is 0 Å². The molecule has 2 aromatic rings. The average Bonchev–Trinajstić information content (AvgIpc) is 2.51. The van der Waals surface area contributed by atoms with Crippen LogP contribution in [-0.4, -0.2) is 9.97 Å². The Kier molecular flexibility index (Phi) is 10.2. The van der Waals surface area contributed by atoms with Crippen molar-refractivity contribution >= 4 is 56.5 Å². The second-order valence-corrected chi connectivity index (χ2v) is 5.01. The minimum Gasteiger partial charge on any atom is -0.244 e. The number of hydrogen-bond donors (Lipinski definition) is 0. The second-order valence-electron chi connectivity index (χ2n) is 3.86. The first-order valence-corrected chi connectivity index (χ1v) is 7.90. The molecule has 0 saturated heterocycles. The summed E-state index contributed by atoms with van der Waals surface area (Å²) in [6.07, 6.45) is -7.44. The van der Waals surface area contributed by atoms with Gasteiger partial charge in [0.25, 0.3) is 0 Å². The van der Waals surface area contributed by atoms with Gasteiger partial charge in [0, 0.05) is 34.1 Å². The lowest BCUT2D eigenvalue weighted by atomic mass is 10.3. The number of pyridine rings is 2. The van der Waals surface area contributed by atoms with Gasteiger partial charge in [-0.1, -0.05) is 34.8 Å². The maximum absolute atomic E-state index is 12.0. The van der Waals surface area contributed by atoms with Gasteiger partial charge >= 0.3 is 12.4 Å². The third-order valence-corrected chi connectivity index (χ3v) is 3.09. The molecule has 2 aromatic heterocycles. The molecule has 0 spiro atoms. The van der Waals surface area contributed by atoms with Crippen molar-refractivity contribution < 1.29 is 26.3 Å². The maximum atomic E-state index is 12.0. The topological polar surface area (TPSA) is 25.8 Å². The zero-order chi connectivity index (χ0) is 19.8. The zero-order valence-corrected chi connectivity index (χ0v) is 15.2. The molecule has 0 aliphatic carbocycles. The van der Waals surface area contributed by atoms with Crippen molar-refractivity contribution in [1.29, 1.82) is 0 Å². The van der Waals surface area contributed by atoms with Crippen LogP contribution in [0.3, 0.4) is 0 Å². The van der Waals surface area contributed by atoms with E-state index in [-0.39, 0.29) is 15.3 Å². The molecule has 2 nitrogen and oxygen atoms in total. The zero-order valence-electron chi connectivity index (χ0n) is 11.4. The van der Waals surface area contributed by atoms with Crippen molar-refractivity contribution in [3.05, 3.63) is 57.0 Å². The SMILES string of the molecule is ClCl.FC(F)(F)c1ccc(Cl)nc1.FC(F)(F)c1cnc(Cl)c(Cl)c1. The van der Waals surface area contributed by atoms with Gasteiger partial charge in [0.2, 0.25) is 0 Å². The number of aromatic nitrogens is 2. The first-order chi connectivity index (χ1) is 11.4. The minimum atomic E-state index is -4.43. The van der Waals surface area contributed by atoms with Crippen molar-refractivity contribution in [2.24, 2.45) is 0 Å². The van der Waals surface area contributed by atoms with Crippen LogP contribution in [0.5, 0.6) is 0 Å². The van der Waals surface area contributed by atoms with Crippen LogP contribution in [0.1, 0.15) is 11.1 Å². The third-order valence-electron chi connectivity index (χ3n) is 2.18. The van der Waals surface area contributed by atoms with Gasteiger partial charge in [-0.25, -0.2) is 9.97 Å². The molecule has 2 heterocycles. The van der Waals surface area contributed by atoms with Crippen LogP contribution >= 0.6 is 56.5 Å². The molecule has 0 aliphatic rings. The maximum Gasteiger partial charge on any atom is 0.417 e. The normalized spacial score (nSPS) is 11.0. The van der Waals surface area contributed by atoms with E-state index < -0.39 is 23.5 Å². The number of halogens is 11. The molecular weight excluding hydrogens is 463 g/mol. The van der Waals surface area contributed by atoms with Gasteiger partial charge in [0.1, 0.15) is 10.3 Å². The highest BCUT2D eigenvalue weighted by molar-refractivity contribution is 6.85. The predicted octanol–water partition coefficient (Wildman–Crippen LogP) is 7.54. The quantitative estimate of drug-likeness (QED) is 0.295.